The molecule has 0 aliphatic rings. The molecule has 0 unspecified atom stereocenters. The van der Waals surface area contributed by atoms with Crippen LogP contribution in [0.3, 0.4) is 0 Å². The number of hydrogen-bond donors (Lipinski definition) is 0. The van der Waals surface area contributed by atoms with E-state index in [2.05, 4.69) is 251 Å². The lowest BCUT2D eigenvalue weighted by molar-refractivity contribution is 1.08. The van der Waals surface area contributed by atoms with Crippen LogP contribution in [0.2, 0.25) is 0 Å². The maximum Gasteiger partial charge on any atom is 0.247 e. The standard InChI is InChI=1S/C69H39BN6S3/c1-7-19-55-43(13-1)49-34-64-52(46-16-4-10-22-61(46)77-64)31-58(49)74(55)67-28-25-40(37-71-67)70(41-26-29-68(72-38-41)75-56-20-8-2-14-44(56)50-35-65-53(32-59(50)75)47-17-5-11-23-62(47)78-65)42-27-30-69(73-39-42)76-57-21-9-3-15-45(57)51-36-66-54(33-60(51)76)48-18-6-12-24-63(48)79-66/h1-39H. The van der Waals surface area contributed by atoms with Gasteiger partial charge >= 0.3 is 0 Å². The first-order valence-corrected chi connectivity index (χ1v) is 29.0. The fourth-order valence-electron chi connectivity index (χ4n) is 13.0. The number of hydrogen-bond acceptors (Lipinski definition) is 6. The topological polar surface area (TPSA) is 53.5 Å². The van der Waals surface area contributed by atoms with Crippen LogP contribution in [0.15, 0.2) is 237 Å². The quantitative estimate of drug-likeness (QED) is 0.156. The minimum absolute atomic E-state index is 0.232. The van der Waals surface area contributed by atoms with E-state index in [4.69, 9.17) is 15.0 Å². The third kappa shape index (κ3) is 6.36. The van der Waals surface area contributed by atoms with Crippen LogP contribution in [0.5, 0.6) is 0 Å². The first-order valence-electron chi connectivity index (χ1n) is 26.6. The molecule has 18 aromatic rings. The summed E-state index contributed by atoms with van der Waals surface area (Å²) >= 11 is 5.57. The summed E-state index contributed by atoms with van der Waals surface area (Å²) < 4.78 is 14.8. The van der Waals surface area contributed by atoms with Gasteiger partial charge in [0.1, 0.15) is 17.5 Å². The Morgan fingerprint density at radius 1 is 0.241 bits per heavy atom. The Morgan fingerprint density at radius 3 is 0.835 bits per heavy atom. The normalized spacial score (nSPS) is 12.3. The van der Waals surface area contributed by atoms with Gasteiger partial charge in [-0.15, -0.1) is 34.0 Å². The molecule has 10 heteroatoms. The van der Waals surface area contributed by atoms with Gasteiger partial charge in [0.25, 0.3) is 0 Å². The Kier molecular flexibility index (Phi) is 9.13. The molecule has 18 rings (SSSR count). The van der Waals surface area contributed by atoms with Crippen LogP contribution in [-0.2, 0) is 0 Å². The second-order valence-corrected chi connectivity index (χ2v) is 24.0. The van der Waals surface area contributed by atoms with Gasteiger partial charge in [0.15, 0.2) is 0 Å². The van der Waals surface area contributed by atoms with Gasteiger partial charge in [0.05, 0.1) is 33.1 Å². The summed E-state index contributed by atoms with van der Waals surface area (Å²) in [4.78, 5) is 16.1. The van der Waals surface area contributed by atoms with Gasteiger partial charge in [-0.25, -0.2) is 15.0 Å². The summed E-state index contributed by atoms with van der Waals surface area (Å²) in [5.41, 5.74) is 9.97. The van der Waals surface area contributed by atoms with Crippen molar-refractivity contribution in [3.63, 3.8) is 0 Å². The molecular formula is C69H39BN6S3. The molecule has 0 N–H and O–H groups in total. The molecule has 0 aliphatic carbocycles. The summed E-state index contributed by atoms with van der Waals surface area (Å²) in [6.45, 7) is -0.232. The zero-order chi connectivity index (χ0) is 51.4. The second kappa shape index (κ2) is 16.5. The third-order valence-corrected chi connectivity index (χ3v) is 19.9. The van der Waals surface area contributed by atoms with Crippen molar-refractivity contribution < 1.29 is 0 Å². The number of para-hydroxylation sites is 3. The molecule has 9 heterocycles. The number of benzene rings is 9. The molecule has 79 heavy (non-hydrogen) atoms. The van der Waals surface area contributed by atoms with Gasteiger partial charge in [0.2, 0.25) is 6.71 Å². The van der Waals surface area contributed by atoms with Crippen LogP contribution < -0.4 is 16.4 Å². The van der Waals surface area contributed by atoms with Crippen molar-refractivity contribution in [2.75, 3.05) is 0 Å². The predicted octanol–water partition coefficient (Wildman–Crippen LogP) is 16.8. The smallest absolute Gasteiger partial charge is 0.247 e. The zero-order valence-electron chi connectivity index (χ0n) is 42.0. The van der Waals surface area contributed by atoms with Crippen molar-refractivity contribution in [3.05, 3.63) is 237 Å². The van der Waals surface area contributed by atoms with Gasteiger partial charge in [-0.05, 0) is 91.0 Å². The maximum atomic E-state index is 5.38. The number of rotatable bonds is 6. The minimum atomic E-state index is -0.232. The van der Waals surface area contributed by atoms with Crippen LogP contribution in [0.1, 0.15) is 0 Å². The summed E-state index contributed by atoms with van der Waals surface area (Å²) in [6, 6.07) is 79.9. The van der Waals surface area contributed by atoms with Crippen LogP contribution in [0.4, 0.5) is 0 Å². The summed E-state index contributed by atoms with van der Waals surface area (Å²) in [7, 11) is 0. The third-order valence-electron chi connectivity index (χ3n) is 16.5. The second-order valence-electron chi connectivity index (χ2n) is 20.7. The van der Waals surface area contributed by atoms with Gasteiger partial charge < -0.3 is 0 Å². The van der Waals surface area contributed by atoms with Gasteiger partial charge in [0, 0.05) is 111 Å². The summed E-state index contributed by atoms with van der Waals surface area (Å²) in [5, 5.41) is 15.0. The maximum absolute atomic E-state index is 5.38. The van der Waals surface area contributed by atoms with Gasteiger partial charge in [-0.3, -0.25) is 13.7 Å². The van der Waals surface area contributed by atoms with E-state index in [-0.39, 0.29) is 6.71 Å². The Morgan fingerprint density at radius 2 is 0.532 bits per heavy atom. The summed E-state index contributed by atoms with van der Waals surface area (Å²) in [6.07, 6.45) is 6.19. The van der Waals surface area contributed by atoms with Crippen molar-refractivity contribution >= 4 is 183 Å². The molecular weight excluding hydrogens is 1020 g/mol. The van der Waals surface area contributed by atoms with E-state index in [0.29, 0.717) is 0 Å². The molecule has 0 saturated heterocycles. The number of thiophene rings is 3. The molecule has 0 aliphatic heterocycles. The number of nitrogens with zero attached hydrogens (tertiary/aromatic N) is 6. The lowest BCUT2D eigenvalue weighted by Crippen LogP contribution is -2.52. The Labute approximate surface area is 463 Å². The fraction of sp³-hybridized carbons (Fsp3) is 0. The lowest BCUT2D eigenvalue weighted by atomic mass is 9.37. The van der Waals surface area contributed by atoms with Crippen LogP contribution >= 0.6 is 34.0 Å². The van der Waals surface area contributed by atoms with Crippen molar-refractivity contribution in [3.8, 4) is 17.5 Å². The molecule has 0 fully saturated rings. The Hall–Kier alpha value is -9.45. The van der Waals surface area contributed by atoms with Crippen LogP contribution in [-0.4, -0.2) is 35.4 Å². The molecule has 0 atom stereocenters. The molecule has 366 valence electrons. The molecule has 6 nitrogen and oxygen atoms in total. The zero-order valence-corrected chi connectivity index (χ0v) is 44.5. The van der Waals surface area contributed by atoms with Crippen molar-refractivity contribution in [2.24, 2.45) is 0 Å². The fourth-order valence-corrected chi connectivity index (χ4v) is 16.4. The summed E-state index contributed by atoms with van der Waals surface area (Å²) in [5.74, 6) is 2.60. The van der Waals surface area contributed by atoms with Gasteiger partial charge in [-0.2, -0.15) is 0 Å². The SMILES string of the molecule is c1ccc2c(c1)sc1cc3c4ccccc4n(-c4ccc(B(c5ccc(-n6c7ccccc7c7cc8sc9ccccc9c8cc76)nc5)c5ccc(-n6c7ccccc7c7cc8sc9ccccc9c8cc76)nc5)cn4)c3cc12. The first-order chi connectivity index (χ1) is 39.1. The van der Waals surface area contributed by atoms with E-state index in [0.717, 1.165) is 66.9 Å². The van der Waals surface area contributed by atoms with E-state index in [1.54, 1.807) is 0 Å². The molecule has 0 spiro atoms. The van der Waals surface area contributed by atoms with E-state index < -0.39 is 0 Å². The lowest BCUT2D eigenvalue weighted by Gasteiger charge is -2.17. The van der Waals surface area contributed by atoms with E-state index >= 15 is 0 Å². The van der Waals surface area contributed by atoms with Crippen molar-refractivity contribution in [1.29, 1.82) is 0 Å². The number of pyridine rings is 3. The molecule has 0 bridgehead atoms. The van der Waals surface area contributed by atoms with E-state index in [1.807, 2.05) is 34.0 Å². The molecule has 0 saturated carbocycles. The highest BCUT2D eigenvalue weighted by atomic mass is 32.1. The highest BCUT2D eigenvalue weighted by Crippen LogP contribution is 2.44. The van der Waals surface area contributed by atoms with Crippen LogP contribution in [0.25, 0.3) is 143 Å². The van der Waals surface area contributed by atoms with E-state index in [1.165, 1.54) is 92.8 Å². The monoisotopic (exact) mass is 1060 g/mol. The molecule has 9 aromatic carbocycles. The van der Waals surface area contributed by atoms with Crippen molar-refractivity contribution in [1.82, 2.24) is 28.7 Å². The molecule has 0 radical (unpaired) electrons. The number of fused-ring (bicyclic) bond motifs is 18. The Bertz CT molecular complexity index is 5020. The molecule has 9 aromatic heterocycles. The van der Waals surface area contributed by atoms with Crippen molar-refractivity contribution in [2.45, 2.75) is 0 Å². The van der Waals surface area contributed by atoms with E-state index in [9.17, 15) is 0 Å². The highest BCUT2D eigenvalue weighted by molar-refractivity contribution is 7.26. The van der Waals surface area contributed by atoms with Crippen LogP contribution in [0, 0.1) is 0 Å². The predicted molar refractivity (Wildman–Crippen MR) is 339 cm³/mol. The Balaban J connectivity index is 0.802. The average molecular weight is 1060 g/mol. The van der Waals surface area contributed by atoms with Gasteiger partial charge in [-0.1, -0.05) is 144 Å². The molecule has 0 amide bonds. The average Bonchev–Trinajstić information content (AvgIpc) is 4.54. The largest absolute Gasteiger partial charge is 0.294 e. The highest BCUT2D eigenvalue weighted by Gasteiger charge is 2.26. The number of aromatic nitrogens is 6. The first kappa shape index (κ1) is 43.6. The minimum Gasteiger partial charge on any atom is -0.294 e.